The lowest BCUT2D eigenvalue weighted by atomic mass is 10.5. The second-order valence-electron chi connectivity index (χ2n) is 1.37. The van der Waals surface area contributed by atoms with Gasteiger partial charge in [-0.25, -0.2) is 0 Å². The van der Waals surface area contributed by atoms with E-state index < -0.39 is 0 Å². The zero-order chi connectivity index (χ0) is 5.11. The summed E-state index contributed by atoms with van der Waals surface area (Å²) in [7, 11) is 0. The fourth-order valence-electron chi connectivity index (χ4n) is 0.342. The molecule has 1 rings (SSSR count). The molecule has 0 saturated heterocycles. The minimum absolute atomic E-state index is 1.00. The minimum atomic E-state index is 1.00. The van der Waals surface area contributed by atoms with E-state index >= 15 is 0 Å². The van der Waals surface area contributed by atoms with Crippen molar-refractivity contribution in [2.75, 3.05) is 5.75 Å². The van der Waals surface area contributed by atoms with E-state index in [-0.39, 0.29) is 0 Å². The third-order valence-electron chi connectivity index (χ3n) is 0.642. The Hall–Kier alpha value is -0.310. The number of hydrogen-bond donors (Lipinski definition) is 0. The molecule has 0 aliphatic carbocycles. The Morgan fingerprint density at radius 1 is 1.86 bits per heavy atom. The number of thioether (sulfide) groups is 1. The Morgan fingerprint density at radius 3 is 3.00 bits per heavy atom. The lowest BCUT2D eigenvalue weighted by molar-refractivity contribution is 1.24. The smallest absolute Gasteiger partial charge is 0.0828 e. The highest BCUT2D eigenvalue weighted by atomic mass is 32.2. The second-order valence-corrected chi connectivity index (χ2v) is 2.20. The molecule has 2 nitrogen and oxygen atoms in total. The molecular formula is C4H6N2S. The highest BCUT2D eigenvalue weighted by molar-refractivity contribution is 8.12. The average Bonchev–Trinajstić information content (AvgIpc) is 1.69. The van der Waals surface area contributed by atoms with Crippen LogP contribution in [0.4, 0.5) is 0 Å². The molecule has 0 aromatic rings. The maximum absolute atomic E-state index is 3.80. The predicted octanol–water partition coefficient (Wildman–Crippen LogP) is 1.14. The van der Waals surface area contributed by atoms with Gasteiger partial charge in [0.2, 0.25) is 0 Å². The fraction of sp³-hybridized carbons (Fsp3) is 0.500. The molecule has 3 heteroatoms. The third-order valence-corrected chi connectivity index (χ3v) is 1.47. The standard InChI is InChI=1S/C4H6N2S/c1-4-2-7-3-5-6-4/h3H,2H2,1H3. The molecule has 0 amide bonds. The van der Waals surface area contributed by atoms with E-state index in [2.05, 4.69) is 10.2 Å². The van der Waals surface area contributed by atoms with Gasteiger partial charge in [0.25, 0.3) is 0 Å². The molecule has 0 aromatic heterocycles. The van der Waals surface area contributed by atoms with Crippen LogP contribution >= 0.6 is 11.8 Å². The van der Waals surface area contributed by atoms with E-state index in [1.165, 1.54) is 0 Å². The van der Waals surface area contributed by atoms with Crippen molar-refractivity contribution in [1.82, 2.24) is 0 Å². The van der Waals surface area contributed by atoms with E-state index in [1.807, 2.05) is 6.92 Å². The van der Waals surface area contributed by atoms with Gasteiger partial charge in [0.1, 0.15) is 0 Å². The van der Waals surface area contributed by atoms with Gasteiger partial charge in [0, 0.05) is 11.5 Å². The molecular weight excluding hydrogens is 108 g/mol. The number of rotatable bonds is 0. The first-order valence-electron chi connectivity index (χ1n) is 2.06. The zero-order valence-electron chi connectivity index (χ0n) is 4.09. The summed E-state index contributed by atoms with van der Waals surface area (Å²) in [6, 6.07) is 0. The van der Waals surface area contributed by atoms with Gasteiger partial charge in [-0.1, -0.05) is 0 Å². The van der Waals surface area contributed by atoms with Crippen LogP contribution in [-0.4, -0.2) is 17.0 Å². The van der Waals surface area contributed by atoms with Crippen molar-refractivity contribution >= 4 is 23.0 Å². The quantitative estimate of drug-likeness (QED) is 0.463. The topological polar surface area (TPSA) is 24.7 Å². The summed E-state index contributed by atoms with van der Waals surface area (Å²) in [5, 5.41) is 7.48. The Balaban J connectivity index is 2.57. The van der Waals surface area contributed by atoms with Crippen molar-refractivity contribution in [1.29, 1.82) is 0 Å². The van der Waals surface area contributed by atoms with Crippen LogP contribution in [0.3, 0.4) is 0 Å². The third kappa shape index (κ3) is 1.31. The van der Waals surface area contributed by atoms with Crippen molar-refractivity contribution in [3.63, 3.8) is 0 Å². The first-order valence-corrected chi connectivity index (χ1v) is 3.11. The summed E-state index contributed by atoms with van der Waals surface area (Å²) < 4.78 is 0. The van der Waals surface area contributed by atoms with E-state index in [4.69, 9.17) is 0 Å². The van der Waals surface area contributed by atoms with Gasteiger partial charge in [-0.3, -0.25) is 0 Å². The lowest BCUT2D eigenvalue weighted by Gasteiger charge is -1.95. The molecule has 1 aliphatic rings. The molecule has 38 valence electrons. The van der Waals surface area contributed by atoms with Crippen LogP contribution in [0.2, 0.25) is 0 Å². The molecule has 0 atom stereocenters. The highest BCUT2D eigenvalue weighted by Crippen LogP contribution is 2.01. The predicted molar refractivity (Wildman–Crippen MR) is 34.1 cm³/mol. The van der Waals surface area contributed by atoms with Gasteiger partial charge >= 0.3 is 0 Å². The summed E-state index contributed by atoms with van der Waals surface area (Å²) in [5.74, 6) is 1.00. The lowest BCUT2D eigenvalue weighted by Crippen LogP contribution is -1.96. The van der Waals surface area contributed by atoms with E-state index in [1.54, 1.807) is 17.3 Å². The first-order chi connectivity index (χ1) is 3.39. The van der Waals surface area contributed by atoms with Gasteiger partial charge in [-0.2, -0.15) is 10.2 Å². The molecule has 0 N–H and O–H groups in total. The summed E-state index contributed by atoms with van der Waals surface area (Å²) in [4.78, 5) is 0. The maximum Gasteiger partial charge on any atom is 0.0828 e. The largest absolute Gasteiger partial charge is 0.159 e. The maximum atomic E-state index is 3.80. The molecule has 1 heterocycles. The fourth-order valence-corrected chi connectivity index (χ4v) is 0.829. The van der Waals surface area contributed by atoms with Gasteiger partial charge in [0.05, 0.1) is 5.55 Å². The molecule has 0 bridgehead atoms. The minimum Gasteiger partial charge on any atom is -0.159 e. The summed E-state index contributed by atoms with van der Waals surface area (Å²) in [6.07, 6.45) is 0. The Bertz CT molecular complexity index is 117. The average molecular weight is 114 g/mol. The molecule has 1 aliphatic heterocycles. The van der Waals surface area contributed by atoms with Gasteiger partial charge in [-0.05, 0) is 6.92 Å². The van der Waals surface area contributed by atoms with Crippen molar-refractivity contribution in [3.05, 3.63) is 0 Å². The van der Waals surface area contributed by atoms with Crippen LogP contribution in [0.15, 0.2) is 10.2 Å². The normalized spacial score (nSPS) is 19.3. The monoisotopic (exact) mass is 114 g/mol. The molecule has 0 aromatic carbocycles. The molecule has 0 radical (unpaired) electrons. The Labute approximate surface area is 46.7 Å². The van der Waals surface area contributed by atoms with Crippen LogP contribution in [0.1, 0.15) is 6.92 Å². The molecule has 0 saturated carbocycles. The molecule has 7 heavy (non-hydrogen) atoms. The van der Waals surface area contributed by atoms with Crippen LogP contribution < -0.4 is 0 Å². The van der Waals surface area contributed by atoms with Crippen molar-refractivity contribution in [2.24, 2.45) is 10.2 Å². The molecule has 0 spiro atoms. The van der Waals surface area contributed by atoms with Crippen molar-refractivity contribution in [2.45, 2.75) is 6.92 Å². The highest BCUT2D eigenvalue weighted by Gasteiger charge is 1.92. The van der Waals surface area contributed by atoms with Crippen LogP contribution in [-0.2, 0) is 0 Å². The van der Waals surface area contributed by atoms with Crippen molar-refractivity contribution in [3.8, 4) is 0 Å². The van der Waals surface area contributed by atoms with Crippen molar-refractivity contribution < 1.29 is 0 Å². The van der Waals surface area contributed by atoms with Gasteiger partial charge in [0.15, 0.2) is 0 Å². The molecule has 0 unspecified atom stereocenters. The van der Waals surface area contributed by atoms with Gasteiger partial charge < -0.3 is 0 Å². The van der Waals surface area contributed by atoms with Gasteiger partial charge in [-0.15, -0.1) is 11.8 Å². The van der Waals surface area contributed by atoms with E-state index in [9.17, 15) is 0 Å². The number of hydrogen-bond acceptors (Lipinski definition) is 3. The SMILES string of the molecule is CC1=NN=CSC1. The Kier molecular flexibility index (Phi) is 1.46. The zero-order valence-corrected chi connectivity index (χ0v) is 4.90. The van der Waals surface area contributed by atoms with Crippen LogP contribution in [0.5, 0.6) is 0 Å². The Morgan fingerprint density at radius 2 is 2.71 bits per heavy atom. The summed E-state index contributed by atoms with van der Waals surface area (Å²) in [5.41, 5.74) is 2.86. The summed E-state index contributed by atoms with van der Waals surface area (Å²) >= 11 is 1.68. The number of nitrogens with zero attached hydrogens (tertiary/aromatic N) is 2. The van der Waals surface area contributed by atoms with E-state index in [0.29, 0.717) is 0 Å². The molecule has 0 fully saturated rings. The van der Waals surface area contributed by atoms with Crippen LogP contribution in [0, 0.1) is 0 Å². The summed E-state index contributed by atoms with van der Waals surface area (Å²) in [6.45, 7) is 1.98. The van der Waals surface area contributed by atoms with E-state index in [0.717, 1.165) is 11.5 Å². The first kappa shape index (κ1) is 4.84. The van der Waals surface area contributed by atoms with Crippen LogP contribution in [0.25, 0.3) is 0 Å². The second kappa shape index (κ2) is 2.12.